The van der Waals surface area contributed by atoms with E-state index in [9.17, 15) is 0 Å². The Labute approximate surface area is 82.9 Å². The molecule has 14 heavy (non-hydrogen) atoms. The van der Waals surface area contributed by atoms with Gasteiger partial charge in [-0.25, -0.2) is 0 Å². The molecule has 4 heteroatoms. The fraction of sp³-hybridized carbons (Fsp3) is 0.800. The number of hydrogen-bond acceptors (Lipinski definition) is 4. The van der Waals surface area contributed by atoms with E-state index < -0.39 is 0 Å². The predicted octanol–water partition coefficient (Wildman–Crippen LogP) is 1.53. The smallest absolute Gasteiger partial charge is 0.246 e. The highest BCUT2D eigenvalue weighted by atomic mass is 16.5. The third kappa shape index (κ3) is 1.25. The van der Waals surface area contributed by atoms with E-state index in [0.717, 1.165) is 24.6 Å². The highest BCUT2D eigenvalue weighted by Crippen LogP contribution is 2.44. The summed E-state index contributed by atoms with van der Waals surface area (Å²) in [5.74, 6) is 2.70. The average Bonchev–Trinajstić information content (AvgIpc) is 3.07. The first-order chi connectivity index (χ1) is 6.69. The van der Waals surface area contributed by atoms with Gasteiger partial charge in [-0.1, -0.05) is 12.1 Å². The maximum absolute atomic E-state index is 5.98. The minimum atomic E-state index is -0.283. The second-order valence-corrected chi connectivity index (χ2v) is 4.74. The van der Waals surface area contributed by atoms with Crippen molar-refractivity contribution in [3.05, 3.63) is 11.7 Å². The molecule has 2 N–H and O–H groups in total. The summed E-state index contributed by atoms with van der Waals surface area (Å²) in [6.07, 6.45) is 4.57. The maximum atomic E-state index is 5.98. The molecule has 0 aromatic carbocycles. The summed E-state index contributed by atoms with van der Waals surface area (Å²) < 4.78 is 5.20. The van der Waals surface area contributed by atoms with Crippen LogP contribution >= 0.6 is 0 Å². The molecular weight excluding hydrogens is 178 g/mol. The third-order valence-electron chi connectivity index (χ3n) is 3.39. The molecule has 0 saturated heterocycles. The maximum Gasteiger partial charge on any atom is 0.246 e. The molecule has 0 spiro atoms. The zero-order valence-corrected chi connectivity index (χ0v) is 8.36. The van der Waals surface area contributed by atoms with E-state index in [4.69, 9.17) is 10.3 Å². The molecule has 0 aliphatic heterocycles. The Morgan fingerprint density at radius 1 is 1.50 bits per heavy atom. The van der Waals surface area contributed by atoms with E-state index in [-0.39, 0.29) is 5.54 Å². The van der Waals surface area contributed by atoms with Gasteiger partial charge in [-0.05, 0) is 31.6 Å². The fourth-order valence-corrected chi connectivity index (χ4v) is 1.78. The minimum Gasteiger partial charge on any atom is -0.337 e. The number of aromatic nitrogens is 2. The van der Waals surface area contributed by atoms with Crippen molar-refractivity contribution in [1.82, 2.24) is 10.1 Å². The Kier molecular flexibility index (Phi) is 1.54. The van der Waals surface area contributed by atoms with E-state index >= 15 is 0 Å². The van der Waals surface area contributed by atoms with Crippen molar-refractivity contribution in [2.45, 2.75) is 44.1 Å². The molecule has 2 aliphatic rings. The lowest BCUT2D eigenvalue weighted by Crippen LogP contribution is -2.19. The number of nitrogens with two attached hydrogens (primary N) is 1. The van der Waals surface area contributed by atoms with Crippen LogP contribution in [0, 0.1) is 5.92 Å². The summed E-state index contributed by atoms with van der Waals surface area (Å²) in [4.78, 5) is 4.40. The van der Waals surface area contributed by atoms with Crippen LogP contribution in [0.1, 0.15) is 50.2 Å². The SMILES string of the molecule is CC(c1noc(C2(N)CC2)n1)C1CC1. The monoisotopic (exact) mass is 193 g/mol. The standard InChI is InChI=1S/C10H15N3O/c1-6(7-2-3-7)8-12-9(14-13-8)10(11)4-5-10/h6-7H,2-5,11H2,1H3. The van der Waals surface area contributed by atoms with E-state index in [1.807, 2.05) is 0 Å². The molecule has 2 fully saturated rings. The lowest BCUT2D eigenvalue weighted by molar-refractivity contribution is 0.341. The molecule has 3 rings (SSSR count). The van der Waals surface area contributed by atoms with Crippen LogP contribution in [0.2, 0.25) is 0 Å². The van der Waals surface area contributed by atoms with E-state index in [0.29, 0.717) is 11.8 Å². The Hall–Kier alpha value is -0.900. The van der Waals surface area contributed by atoms with Crippen LogP contribution in [-0.4, -0.2) is 10.1 Å². The molecule has 1 unspecified atom stereocenters. The van der Waals surface area contributed by atoms with Crippen molar-refractivity contribution in [3.8, 4) is 0 Å². The number of rotatable bonds is 3. The topological polar surface area (TPSA) is 64.9 Å². The summed E-state index contributed by atoms with van der Waals surface area (Å²) in [5.41, 5.74) is 5.69. The summed E-state index contributed by atoms with van der Waals surface area (Å²) >= 11 is 0. The summed E-state index contributed by atoms with van der Waals surface area (Å²) in [6.45, 7) is 2.17. The minimum absolute atomic E-state index is 0.283. The molecule has 1 aromatic heterocycles. The van der Waals surface area contributed by atoms with E-state index in [1.54, 1.807) is 0 Å². The van der Waals surface area contributed by atoms with Crippen LogP contribution in [0.3, 0.4) is 0 Å². The van der Waals surface area contributed by atoms with Gasteiger partial charge in [0, 0.05) is 5.92 Å². The first-order valence-electron chi connectivity index (χ1n) is 5.32. The van der Waals surface area contributed by atoms with E-state index in [2.05, 4.69) is 17.1 Å². The molecule has 0 radical (unpaired) electrons. The van der Waals surface area contributed by atoms with E-state index in [1.165, 1.54) is 12.8 Å². The van der Waals surface area contributed by atoms with Crippen LogP contribution in [0.25, 0.3) is 0 Å². The molecular formula is C10H15N3O. The lowest BCUT2D eigenvalue weighted by atomic mass is 10.1. The van der Waals surface area contributed by atoms with Gasteiger partial charge in [-0.3, -0.25) is 0 Å². The Morgan fingerprint density at radius 2 is 2.21 bits per heavy atom. The van der Waals surface area contributed by atoms with Crippen molar-refractivity contribution < 1.29 is 4.52 Å². The van der Waals surface area contributed by atoms with Gasteiger partial charge < -0.3 is 10.3 Å². The molecule has 1 atom stereocenters. The molecule has 1 aromatic rings. The van der Waals surface area contributed by atoms with Crippen LogP contribution in [0.15, 0.2) is 4.52 Å². The summed E-state index contributed by atoms with van der Waals surface area (Å²) in [6, 6.07) is 0. The zero-order valence-electron chi connectivity index (χ0n) is 8.36. The highest BCUT2D eigenvalue weighted by molar-refractivity contribution is 5.13. The van der Waals surface area contributed by atoms with Crippen molar-refractivity contribution >= 4 is 0 Å². The average molecular weight is 193 g/mol. The van der Waals surface area contributed by atoms with Crippen molar-refractivity contribution in [2.75, 3.05) is 0 Å². The van der Waals surface area contributed by atoms with Crippen molar-refractivity contribution in [3.63, 3.8) is 0 Å². The van der Waals surface area contributed by atoms with Crippen LogP contribution < -0.4 is 5.73 Å². The molecule has 1 heterocycles. The number of nitrogens with zero attached hydrogens (tertiary/aromatic N) is 2. The Morgan fingerprint density at radius 3 is 2.79 bits per heavy atom. The van der Waals surface area contributed by atoms with Gasteiger partial charge in [0.05, 0.1) is 5.54 Å². The van der Waals surface area contributed by atoms with Gasteiger partial charge in [0.15, 0.2) is 5.82 Å². The number of hydrogen-bond donors (Lipinski definition) is 1. The first kappa shape index (κ1) is 8.41. The lowest BCUT2D eigenvalue weighted by Gasteiger charge is -2.02. The Balaban J connectivity index is 1.82. The molecule has 2 aliphatic carbocycles. The normalized spacial score (nSPS) is 26.1. The predicted molar refractivity (Wildman–Crippen MR) is 50.5 cm³/mol. The van der Waals surface area contributed by atoms with Crippen molar-refractivity contribution in [1.29, 1.82) is 0 Å². The van der Waals surface area contributed by atoms with Gasteiger partial charge in [-0.2, -0.15) is 4.98 Å². The van der Waals surface area contributed by atoms with Crippen LogP contribution in [0.4, 0.5) is 0 Å². The molecule has 4 nitrogen and oxygen atoms in total. The zero-order chi connectivity index (χ0) is 9.76. The second-order valence-electron chi connectivity index (χ2n) is 4.74. The molecule has 2 saturated carbocycles. The first-order valence-corrected chi connectivity index (χ1v) is 5.32. The molecule has 0 amide bonds. The van der Waals surface area contributed by atoms with Crippen LogP contribution in [0.5, 0.6) is 0 Å². The van der Waals surface area contributed by atoms with Gasteiger partial charge in [0.2, 0.25) is 5.89 Å². The summed E-state index contributed by atoms with van der Waals surface area (Å²) in [5, 5.41) is 4.02. The van der Waals surface area contributed by atoms with Gasteiger partial charge in [0.25, 0.3) is 0 Å². The van der Waals surface area contributed by atoms with Gasteiger partial charge >= 0.3 is 0 Å². The summed E-state index contributed by atoms with van der Waals surface area (Å²) in [7, 11) is 0. The van der Waals surface area contributed by atoms with Gasteiger partial charge in [-0.15, -0.1) is 0 Å². The molecule has 0 bridgehead atoms. The Bertz CT molecular complexity index is 352. The largest absolute Gasteiger partial charge is 0.337 e. The molecule has 76 valence electrons. The second kappa shape index (κ2) is 2.57. The van der Waals surface area contributed by atoms with Crippen LogP contribution in [-0.2, 0) is 5.54 Å². The van der Waals surface area contributed by atoms with Crippen molar-refractivity contribution in [2.24, 2.45) is 11.7 Å². The third-order valence-corrected chi connectivity index (χ3v) is 3.39. The highest BCUT2D eigenvalue weighted by Gasteiger charge is 2.46. The fourth-order valence-electron chi connectivity index (χ4n) is 1.78. The quantitative estimate of drug-likeness (QED) is 0.790. The van der Waals surface area contributed by atoms with Gasteiger partial charge in [0.1, 0.15) is 0 Å².